The van der Waals surface area contributed by atoms with E-state index < -0.39 is 0 Å². The van der Waals surface area contributed by atoms with Gasteiger partial charge >= 0.3 is 0 Å². The molecule has 2 heteroatoms. The van der Waals surface area contributed by atoms with Gasteiger partial charge in [-0.1, -0.05) is 32.9 Å². The van der Waals surface area contributed by atoms with Crippen LogP contribution in [0.5, 0.6) is 0 Å². The Balaban J connectivity index is 2.36. The Morgan fingerprint density at radius 1 is 1.54 bits per heavy atom. The van der Waals surface area contributed by atoms with E-state index in [4.69, 9.17) is 4.74 Å². The van der Waals surface area contributed by atoms with Gasteiger partial charge in [-0.2, -0.15) is 0 Å². The van der Waals surface area contributed by atoms with Crippen LogP contribution in [0.3, 0.4) is 0 Å². The molecule has 1 fully saturated rings. The number of carbonyl (C=O) groups excluding carboxylic acids is 1. The van der Waals surface area contributed by atoms with Gasteiger partial charge in [0.05, 0.1) is 11.7 Å². The molecule has 0 aromatic heterocycles. The highest BCUT2D eigenvalue weighted by Gasteiger charge is 2.50. The molecule has 0 aromatic carbocycles. The molecule has 0 unspecified atom stereocenters. The molecule has 2 bridgehead atoms. The summed E-state index contributed by atoms with van der Waals surface area (Å²) in [5.41, 5.74) is -0.283. The summed E-state index contributed by atoms with van der Waals surface area (Å²) in [7, 11) is 0. The topological polar surface area (TPSA) is 26.3 Å². The molecule has 13 heavy (non-hydrogen) atoms. The first-order valence-corrected chi connectivity index (χ1v) is 5.01. The second-order valence-corrected chi connectivity index (χ2v) is 4.16. The number of Topliss-reactive ketones (excluding diaryl/α,β-unsaturated/α-hetero) is 1. The minimum Gasteiger partial charge on any atom is -0.362 e. The highest BCUT2D eigenvalue weighted by molar-refractivity contribution is 5.86. The van der Waals surface area contributed by atoms with Gasteiger partial charge in [0.1, 0.15) is 5.78 Å². The van der Waals surface area contributed by atoms with Crippen LogP contribution < -0.4 is 0 Å². The number of hydrogen-bond donors (Lipinski definition) is 0. The molecular formula is C11H16O2. The minimum absolute atomic E-state index is 0.0162. The highest BCUT2D eigenvalue weighted by Crippen LogP contribution is 2.42. The molecule has 0 radical (unpaired) electrons. The molecule has 0 saturated carbocycles. The first-order valence-electron chi connectivity index (χ1n) is 5.01. The van der Waals surface area contributed by atoms with Crippen LogP contribution in [0, 0.1) is 11.8 Å². The van der Waals surface area contributed by atoms with Crippen LogP contribution in [0.2, 0.25) is 0 Å². The maximum absolute atomic E-state index is 11.8. The predicted molar refractivity (Wildman–Crippen MR) is 50.4 cm³/mol. The fraction of sp³-hybridized carbons (Fsp3) is 0.727. The lowest BCUT2D eigenvalue weighted by molar-refractivity contribution is -0.159. The highest BCUT2D eigenvalue weighted by atomic mass is 16.5. The van der Waals surface area contributed by atoms with E-state index in [-0.39, 0.29) is 23.5 Å². The van der Waals surface area contributed by atoms with E-state index in [0.717, 1.165) is 6.42 Å². The lowest BCUT2D eigenvalue weighted by Crippen LogP contribution is -2.49. The summed E-state index contributed by atoms with van der Waals surface area (Å²) in [5.74, 6) is 0.402. The van der Waals surface area contributed by atoms with Crippen molar-refractivity contribution >= 4 is 5.78 Å². The van der Waals surface area contributed by atoms with Crippen molar-refractivity contribution in [3.8, 4) is 0 Å². The molecule has 2 heterocycles. The van der Waals surface area contributed by atoms with Gasteiger partial charge in [-0.25, -0.2) is 0 Å². The van der Waals surface area contributed by atoms with Crippen LogP contribution in [-0.4, -0.2) is 17.5 Å². The quantitative estimate of drug-likeness (QED) is 0.576. The van der Waals surface area contributed by atoms with Crippen molar-refractivity contribution in [3.63, 3.8) is 0 Å². The van der Waals surface area contributed by atoms with Gasteiger partial charge in [-0.3, -0.25) is 4.79 Å². The molecule has 72 valence electrons. The first-order chi connectivity index (χ1) is 6.10. The Kier molecular flexibility index (Phi) is 1.84. The van der Waals surface area contributed by atoms with Gasteiger partial charge in [0.2, 0.25) is 0 Å². The molecule has 0 aromatic rings. The summed E-state index contributed by atoms with van der Waals surface area (Å²) in [6, 6.07) is 0. The Hall–Kier alpha value is -0.630. The van der Waals surface area contributed by atoms with Gasteiger partial charge < -0.3 is 4.74 Å². The maximum atomic E-state index is 11.8. The fourth-order valence-electron chi connectivity index (χ4n) is 2.41. The molecule has 1 saturated heterocycles. The summed E-state index contributed by atoms with van der Waals surface area (Å²) in [6.07, 6.45) is 5.06. The summed E-state index contributed by atoms with van der Waals surface area (Å²) in [4.78, 5) is 11.8. The number of ketones is 1. The van der Waals surface area contributed by atoms with Gasteiger partial charge in [-0.05, 0) is 6.42 Å². The van der Waals surface area contributed by atoms with Crippen LogP contribution in [-0.2, 0) is 9.53 Å². The molecule has 2 rings (SSSR count). The molecule has 0 N–H and O–H groups in total. The van der Waals surface area contributed by atoms with E-state index in [0.29, 0.717) is 5.78 Å². The van der Waals surface area contributed by atoms with E-state index in [2.05, 4.69) is 19.1 Å². The Bertz CT molecular complexity index is 269. The summed E-state index contributed by atoms with van der Waals surface area (Å²) >= 11 is 0. The average molecular weight is 180 g/mol. The zero-order valence-corrected chi connectivity index (χ0v) is 8.41. The lowest BCUT2D eigenvalue weighted by Gasteiger charge is -2.40. The average Bonchev–Trinajstić information content (AvgIpc) is 2.55. The molecular weight excluding hydrogens is 164 g/mol. The van der Waals surface area contributed by atoms with Crippen molar-refractivity contribution in [2.45, 2.75) is 38.9 Å². The van der Waals surface area contributed by atoms with Gasteiger partial charge in [0.25, 0.3) is 0 Å². The fourth-order valence-corrected chi connectivity index (χ4v) is 2.41. The van der Waals surface area contributed by atoms with Crippen molar-refractivity contribution in [2.75, 3.05) is 0 Å². The molecule has 2 aliphatic rings. The standard InChI is InChI=1S/C11H16O2/c1-4-11-6-5-9(13-11)7(2)10(12)8(11)3/h5-9H,4H2,1-3H3/t7-,8-,9+,11-/m0/s1. The van der Waals surface area contributed by atoms with Crippen molar-refractivity contribution < 1.29 is 9.53 Å². The van der Waals surface area contributed by atoms with Crippen molar-refractivity contribution in [1.82, 2.24) is 0 Å². The predicted octanol–water partition coefficient (Wildman–Crippen LogP) is 1.95. The van der Waals surface area contributed by atoms with Crippen molar-refractivity contribution in [3.05, 3.63) is 12.2 Å². The second kappa shape index (κ2) is 2.68. The van der Waals surface area contributed by atoms with Crippen molar-refractivity contribution in [2.24, 2.45) is 11.8 Å². The summed E-state index contributed by atoms with van der Waals surface area (Å²) < 4.78 is 5.90. The maximum Gasteiger partial charge on any atom is 0.144 e. The van der Waals surface area contributed by atoms with E-state index in [1.165, 1.54) is 0 Å². The van der Waals surface area contributed by atoms with Crippen LogP contribution in [0.4, 0.5) is 0 Å². The third-order valence-corrected chi connectivity index (χ3v) is 3.58. The van der Waals surface area contributed by atoms with Crippen LogP contribution in [0.25, 0.3) is 0 Å². The Morgan fingerprint density at radius 3 is 2.85 bits per heavy atom. The number of hydrogen-bond acceptors (Lipinski definition) is 2. The van der Waals surface area contributed by atoms with Crippen molar-refractivity contribution in [1.29, 1.82) is 0 Å². The Labute approximate surface area is 79.0 Å². The monoisotopic (exact) mass is 180 g/mol. The normalized spacial score (nSPS) is 48.5. The number of fused-ring (bicyclic) bond motifs is 2. The van der Waals surface area contributed by atoms with Crippen LogP contribution in [0.1, 0.15) is 27.2 Å². The number of rotatable bonds is 1. The molecule has 0 spiro atoms. The third-order valence-electron chi connectivity index (χ3n) is 3.58. The van der Waals surface area contributed by atoms with Gasteiger partial charge in [0, 0.05) is 11.8 Å². The smallest absolute Gasteiger partial charge is 0.144 e. The zero-order chi connectivity index (χ0) is 9.64. The Morgan fingerprint density at radius 2 is 2.23 bits per heavy atom. The number of ether oxygens (including phenoxy) is 1. The summed E-state index contributed by atoms with van der Waals surface area (Å²) in [5, 5.41) is 0. The SMILES string of the molecule is CC[C@@]12C=C[C@@H](O1)[C@H](C)C(=O)[C@@H]2C. The molecule has 2 nitrogen and oxygen atoms in total. The summed E-state index contributed by atoms with van der Waals surface area (Å²) in [6.45, 7) is 6.01. The van der Waals surface area contributed by atoms with E-state index in [9.17, 15) is 4.79 Å². The van der Waals surface area contributed by atoms with Crippen LogP contribution in [0.15, 0.2) is 12.2 Å². The van der Waals surface area contributed by atoms with E-state index in [1.807, 2.05) is 13.8 Å². The van der Waals surface area contributed by atoms with Gasteiger partial charge in [0.15, 0.2) is 0 Å². The van der Waals surface area contributed by atoms with E-state index in [1.54, 1.807) is 0 Å². The number of carbonyl (C=O) groups is 1. The molecule has 4 atom stereocenters. The third kappa shape index (κ3) is 1.01. The largest absolute Gasteiger partial charge is 0.362 e. The zero-order valence-electron chi connectivity index (χ0n) is 8.41. The first kappa shape index (κ1) is 8.95. The molecule has 0 aliphatic carbocycles. The second-order valence-electron chi connectivity index (χ2n) is 4.16. The van der Waals surface area contributed by atoms with E-state index >= 15 is 0 Å². The lowest BCUT2D eigenvalue weighted by atomic mass is 9.78. The van der Waals surface area contributed by atoms with Crippen LogP contribution >= 0.6 is 0 Å². The van der Waals surface area contributed by atoms with Gasteiger partial charge in [-0.15, -0.1) is 0 Å². The minimum atomic E-state index is -0.283. The molecule has 0 amide bonds. The molecule has 2 aliphatic heterocycles.